The first-order chi connectivity index (χ1) is 6.09. The van der Waals surface area contributed by atoms with Crippen molar-refractivity contribution in [3.8, 4) is 0 Å². The minimum absolute atomic E-state index is 0.723. The molecule has 0 saturated heterocycles. The van der Waals surface area contributed by atoms with E-state index in [1.165, 1.54) is 0 Å². The zero-order valence-electron chi connectivity index (χ0n) is 8.09. The van der Waals surface area contributed by atoms with Crippen molar-refractivity contribution in [2.75, 3.05) is 17.6 Å². The normalized spacial score (nSPS) is 9.69. The highest BCUT2D eigenvalue weighted by molar-refractivity contribution is 5.51. The Labute approximate surface area is 78.7 Å². The minimum Gasteiger partial charge on any atom is -0.397 e. The van der Waals surface area contributed by atoms with E-state index in [2.05, 4.69) is 16.9 Å². The Balaban J connectivity index is 2.68. The molecule has 0 fully saturated rings. The Morgan fingerprint density at radius 1 is 1.69 bits per heavy atom. The fourth-order valence-corrected chi connectivity index (χ4v) is 0.905. The van der Waals surface area contributed by atoms with E-state index in [0.717, 1.165) is 29.2 Å². The molecule has 0 aromatic carbocycles. The molecule has 0 amide bonds. The number of nitrogen functional groups attached to an aromatic ring is 1. The van der Waals surface area contributed by atoms with Crippen LogP contribution in [0.2, 0.25) is 0 Å². The fraction of sp³-hybridized carbons (Fsp3) is 0.300. The van der Waals surface area contributed by atoms with Crippen LogP contribution in [0.5, 0.6) is 0 Å². The zero-order chi connectivity index (χ0) is 9.84. The van der Waals surface area contributed by atoms with Crippen molar-refractivity contribution in [3.63, 3.8) is 0 Å². The Morgan fingerprint density at radius 2 is 2.38 bits per heavy atom. The molecule has 1 rings (SSSR count). The van der Waals surface area contributed by atoms with E-state index in [9.17, 15) is 0 Å². The van der Waals surface area contributed by atoms with Gasteiger partial charge in [-0.2, -0.15) is 0 Å². The minimum atomic E-state index is 0.723. The lowest BCUT2D eigenvalue weighted by atomic mass is 10.2. The first kappa shape index (κ1) is 9.58. The van der Waals surface area contributed by atoms with Crippen molar-refractivity contribution in [2.24, 2.45) is 0 Å². The third-order valence-corrected chi connectivity index (χ3v) is 1.72. The first-order valence-corrected chi connectivity index (χ1v) is 4.20. The lowest BCUT2D eigenvalue weighted by molar-refractivity contribution is 1.16. The predicted octanol–water partition coefficient (Wildman–Crippen LogP) is 1.96. The fourth-order valence-electron chi connectivity index (χ4n) is 0.905. The van der Waals surface area contributed by atoms with E-state index >= 15 is 0 Å². The Hall–Kier alpha value is -1.51. The van der Waals surface area contributed by atoms with Gasteiger partial charge in [-0.15, -0.1) is 0 Å². The molecule has 0 aliphatic rings. The molecule has 1 aromatic heterocycles. The molecule has 0 aliphatic heterocycles. The molecular weight excluding hydrogens is 162 g/mol. The van der Waals surface area contributed by atoms with Crippen LogP contribution in [0.3, 0.4) is 0 Å². The predicted molar refractivity (Wildman–Crippen MR) is 56.7 cm³/mol. The number of nitrogens with two attached hydrogens (primary N) is 1. The van der Waals surface area contributed by atoms with Gasteiger partial charge in [-0.3, -0.25) is 0 Å². The third-order valence-electron chi connectivity index (χ3n) is 1.72. The van der Waals surface area contributed by atoms with Gasteiger partial charge in [-0.05, 0) is 25.5 Å². The monoisotopic (exact) mass is 177 g/mol. The van der Waals surface area contributed by atoms with Crippen LogP contribution in [0.25, 0.3) is 0 Å². The number of aromatic nitrogens is 1. The van der Waals surface area contributed by atoms with E-state index in [1.807, 2.05) is 19.9 Å². The molecule has 0 bridgehead atoms. The summed E-state index contributed by atoms with van der Waals surface area (Å²) in [4.78, 5) is 4.13. The number of anilines is 2. The molecule has 70 valence electrons. The van der Waals surface area contributed by atoms with Crippen LogP contribution in [0.15, 0.2) is 24.4 Å². The van der Waals surface area contributed by atoms with Crippen molar-refractivity contribution in [3.05, 3.63) is 30.0 Å². The standard InChI is InChI=1S/C10H15N3/c1-7(2)5-12-10-4-8(3)9(11)6-13-10/h4,6H,1,5,11H2,2-3H3,(H,12,13). The quantitative estimate of drug-likeness (QED) is 0.694. The summed E-state index contributed by atoms with van der Waals surface area (Å²) < 4.78 is 0. The largest absolute Gasteiger partial charge is 0.397 e. The van der Waals surface area contributed by atoms with E-state index in [1.54, 1.807) is 6.20 Å². The molecule has 1 heterocycles. The van der Waals surface area contributed by atoms with Gasteiger partial charge in [0.05, 0.1) is 11.9 Å². The molecule has 0 radical (unpaired) electrons. The number of pyridine rings is 1. The van der Waals surface area contributed by atoms with Crippen LogP contribution in [0, 0.1) is 6.92 Å². The van der Waals surface area contributed by atoms with Gasteiger partial charge in [-0.25, -0.2) is 4.98 Å². The number of aryl methyl sites for hydroxylation is 1. The topological polar surface area (TPSA) is 50.9 Å². The third kappa shape index (κ3) is 2.78. The van der Waals surface area contributed by atoms with Crippen LogP contribution in [-0.4, -0.2) is 11.5 Å². The number of rotatable bonds is 3. The Morgan fingerprint density at radius 3 is 2.92 bits per heavy atom. The summed E-state index contributed by atoms with van der Waals surface area (Å²) in [6.07, 6.45) is 1.66. The summed E-state index contributed by atoms with van der Waals surface area (Å²) in [6, 6.07) is 1.93. The van der Waals surface area contributed by atoms with Gasteiger partial charge in [-0.1, -0.05) is 12.2 Å². The molecule has 3 heteroatoms. The highest BCUT2D eigenvalue weighted by atomic mass is 15.0. The Kier molecular flexibility index (Phi) is 2.90. The SMILES string of the molecule is C=C(C)CNc1cc(C)c(N)cn1. The average Bonchev–Trinajstić information content (AvgIpc) is 2.07. The van der Waals surface area contributed by atoms with Gasteiger partial charge in [0.25, 0.3) is 0 Å². The lowest BCUT2D eigenvalue weighted by Gasteiger charge is -2.06. The maximum atomic E-state index is 5.64. The molecule has 0 unspecified atom stereocenters. The van der Waals surface area contributed by atoms with Gasteiger partial charge in [0.15, 0.2) is 0 Å². The molecule has 3 nitrogen and oxygen atoms in total. The smallest absolute Gasteiger partial charge is 0.126 e. The maximum absolute atomic E-state index is 5.64. The van der Waals surface area contributed by atoms with E-state index in [4.69, 9.17) is 5.73 Å². The number of nitrogens with one attached hydrogen (secondary N) is 1. The highest BCUT2D eigenvalue weighted by Gasteiger charge is 1.96. The zero-order valence-corrected chi connectivity index (χ0v) is 8.09. The van der Waals surface area contributed by atoms with Crippen LogP contribution in [0.4, 0.5) is 11.5 Å². The lowest BCUT2D eigenvalue weighted by Crippen LogP contribution is -2.04. The highest BCUT2D eigenvalue weighted by Crippen LogP contribution is 2.12. The van der Waals surface area contributed by atoms with Crippen LogP contribution in [0.1, 0.15) is 12.5 Å². The van der Waals surface area contributed by atoms with Crippen LogP contribution >= 0.6 is 0 Å². The summed E-state index contributed by atoms with van der Waals surface area (Å²) >= 11 is 0. The Bertz CT molecular complexity index is 318. The van der Waals surface area contributed by atoms with Gasteiger partial charge in [0.2, 0.25) is 0 Å². The van der Waals surface area contributed by atoms with Crippen molar-refractivity contribution < 1.29 is 0 Å². The summed E-state index contributed by atoms with van der Waals surface area (Å²) in [5, 5.41) is 3.15. The molecular formula is C10H15N3. The van der Waals surface area contributed by atoms with Crippen LogP contribution in [-0.2, 0) is 0 Å². The van der Waals surface area contributed by atoms with E-state index in [-0.39, 0.29) is 0 Å². The molecule has 13 heavy (non-hydrogen) atoms. The number of nitrogens with zero attached hydrogens (tertiary/aromatic N) is 1. The molecule has 3 N–H and O–H groups in total. The van der Waals surface area contributed by atoms with Gasteiger partial charge < -0.3 is 11.1 Å². The average molecular weight is 177 g/mol. The summed E-state index contributed by atoms with van der Waals surface area (Å²) in [6.45, 7) is 8.47. The van der Waals surface area contributed by atoms with Crippen LogP contribution < -0.4 is 11.1 Å². The molecule has 0 spiro atoms. The van der Waals surface area contributed by atoms with E-state index < -0.39 is 0 Å². The van der Waals surface area contributed by atoms with Crippen molar-refractivity contribution >= 4 is 11.5 Å². The maximum Gasteiger partial charge on any atom is 0.126 e. The van der Waals surface area contributed by atoms with Gasteiger partial charge in [0, 0.05) is 6.54 Å². The van der Waals surface area contributed by atoms with Gasteiger partial charge in [0.1, 0.15) is 5.82 Å². The number of hydrogen-bond donors (Lipinski definition) is 2. The second-order valence-electron chi connectivity index (χ2n) is 3.24. The van der Waals surface area contributed by atoms with Crippen molar-refractivity contribution in [2.45, 2.75) is 13.8 Å². The van der Waals surface area contributed by atoms with Gasteiger partial charge >= 0.3 is 0 Å². The van der Waals surface area contributed by atoms with Crippen molar-refractivity contribution in [1.82, 2.24) is 4.98 Å². The number of hydrogen-bond acceptors (Lipinski definition) is 3. The van der Waals surface area contributed by atoms with Crippen molar-refractivity contribution in [1.29, 1.82) is 0 Å². The summed E-state index contributed by atoms with van der Waals surface area (Å²) in [5.41, 5.74) is 8.48. The second kappa shape index (κ2) is 3.94. The molecule has 0 saturated carbocycles. The second-order valence-corrected chi connectivity index (χ2v) is 3.24. The van der Waals surface area contributed by atoms with E-state index in [0.29, 0.717) is 0 Å². The summed E-state index contributed by atoms with van der Waals surface area (Å²) in [7, 11) is 0. The molecule has 0 aliphatic carbocycles. The first-order valence-electron chi connectivity index (χ1n) is 4.20. The summed E-state index contributed by atoms with van der Waals surface area (Å²) in [5.74, 6) is 0.842. The molecule has 1 aromatic rings. The molecule has 0 atom stereocenters.